The molecule has 0 saturated heterocycles. The second-order valence-electron chi connectivity index (χ2n) is 16.2. The summed E-state index contributed by atoms with van der Waals surface area (Å²) in [6.07, 6.45) is 12.5. The fourth-order valence-electron chi connectivity index (χ4n) is 5.84. The van der Waals surface area contributed by atoms with Gasteiger partial charge in [0.2, 0.25) is 8.32 Å². The van der Waals surface area contributed by atoms with Gasteiger partial charge in [-0.15, -0.1) is 0 Å². The second-order valence-corrected chi connectivity index (χ2v) is 20.0. The molecule has 0 aliphatic rings. The van der Waals surface area contributed by atoms with Crippen LogP contribution >= 0.6 is 0 Å². The van der Waals surface area contributed by atoms with E-state index in [-0.39, 0.29) is 0 Å². The molecule has 3 aromatic rings. The van der Waals surface area contributed by atoms with Crippen LogP contribution in [-0.2, 0) is 10.8 Å². The maximum Gasteiger partial charge on any atom is 0.205 e. The number of rotatable bonds is 18. The van der Waals surface area contributed by atoms with E-state index < -0.39 is 15.6 Å². The zero-order valence-corrected chi connectivity index (χ0v) is 34.3. The maximum atomic E-state index is 12.2. The Morgan fingerprint density at radius 2 is 1.02 bits per heavy atom. The predicted molar refractivity (Wildman–Crippen MR) is 214 cm³/mol. The topological polar surface area (TPSA) is 55.3 Å². The van der Waals surface area contributed by atoms with Gasteiger partial charge in [0.1, 0.15) is 0 Å². The number of aryl methyl sites for hydroxylation is 1. The Balaban J connectivity index is 0.00000105. The van der Waals surface area contributed by atoms with Crippen LogP contribution in [0.15, 0.2) is 72.8 Å². The Hall–Kier alpha value is -2.26. The standard InChI is InChI=1S/C34H47BO3Si.2C4H12N/c1-4-7-10-11-12-14-20-30-23-17-18-24-31(30)34-32(29-21-15-13-16-22-29)25-19-26-33(34)39(27-8-5-2,28-9-6-3)38-35(36)37;2*1-5(2,3)4/h13,15-19,21-26H,4-12,14,20,27-28H2,1-3H3;2*1-4H3/q-2;2*+1. The smallest absolute Gasteiger partial charge is 0.205 e. The molecule has 274 valence electrons. The Bertz CT molecular complexity index is 1260. The molecule has 0 spiro atoms. The van der Waals surface area contributed by atoms with Crippen molar-refractivity contribution in [2.24, 2.45) is 0 Å². The van der Waals surface area contributed by atoms with Crippen molar-refractivity contribution >= 4 is 20.8 Å². The molecule has 3 rings (SSSR count). The summed E-state index contributed by atoms with van der Waals surface area (Å²) in [6, 6.07) is 27.4. The first kappa shape index (κ1) is 44.8. The summed E-state index contributed by atoms with van der Waals surface area (Å²) in [6.45, 7) is 6.60. The number of hydrogen-bond donors (Lipinski definition) is 0. The number of unbranched alkanes of at least 4 members (excludes halogenated alkanes) is 7. The van der Waals surface area contributed by atoms with E-state index in [1.807, 2.05) is 6.07 Å². The number of nitrogens with zero attached hydrogens (tertiary/aromatic N) is 2. The lowest BCUT2D eigenvalue weighted by Crippen LogP contribution is -2.62. The summed E-state index contributed by atoms with van der Waals surface area (Å²) in [4.78, 5) is 0. The van der Waals surface area contributed by atoms with Gasteiger partial charge in [-0.3, -0.25) is 0 Å². The van der Waals surface area contributed by atoms with E-state index in [1.54, 1.807) is 0 Å². The van der Waals surface area contributed by atoms with Crippen molar-refractivity contribution in [2.75, 3.05) is 56.4 Å². The average Bonchev–Trinajstić information content (AvgIpc) is 3.02. The Kier molecular flexibility index (Phi) is 21.2. The predicted octanol–water partition coefficient (Wildman–Crippen LogP) is 8.04. The van der Waals surface area contributed by atoms with Crippen LogP contribution in [0, 0.1) is 0 Å². The van der Waals surface area contributed by atoms with Crippen LogP contribution in [0.4, 0.5) is 0 Å². The molecule has 0 fully saturated rings. The largest absolute Gasteiger partial charge is 0.872 e. The molecule has 7 heteroatoms. The van der Waals surface area contributed by atoms with Crippen molar-refractivity contribution in [3.8, 4) is 22.3 Å². The van der Waals surface area contributed by atoms with Gasteiger partial charge in [0.05, 0.1) is 56.4 Å². The fraction of sp³-hybridized carbons (Fsp3) is 0.571. The Labute approximate surface area is 303 Å². The molecule has 0 N–H and O–H groups in total. The second kappa shape index (κ2) is 23.3. The average molecular weight is 691 g/mol. The first-order valence-corrected chi connectivity index (χ1v) is 21.2. The van der Waals surface area contributed by atoms with E-state index in [2.05, 4.69) is 144 Å². The van der Waals surface area contributed by atoms with Gasteiger partial charge in [-0.1, -0.05) is 151 Å². The van der Waals surface area contributed by atoms with Crippen LogP contribution in [0.2, 0.25) is 12.1 Å². The zero-order chi connectivity index (χ0) is 36.9. The molecule has 0 aliphatic carbocycles. The third-order valence-electron chi connectivity index (χ3n) is 7.92. The van der Waals surface area contributed by atoms with Crippen LogP contribution in [0.25, 0.3) is 22.3 Å². The normalized spacial score (nSPS) is 11.7. The van der Waals surface area contributed by atoms with Crippen LogP contribution in [-0.4, -0.2) is 81.0 Å². The number of hydrogen-bond acceptors (Lipinski definition) is 3. The molecule has 0 heterocycles. The van der Waals surface area contributed by atoms with Crippen molar-refractivity contribution in [3.05, 3.63) is 78.4 Å². The van der Waals surface area contributed by atoms with Crippen LogP contribution in [0.1, 0.15) is 90.5 Å². The molecule has 0 unspecified atom stereocenters. The van der Waals surface area contributed by atoms with Crippen LogP contribution in [0.5, 0.6) is 0 Å². The first-order valence-electron chi connectivity index (χ1n) is 18.9. The van der Waals surface area contributed by atoms with E-state index in [4.69, 9.17) is 4.34 Å². The van der Waals surface area contributed by atoms with Crippen molar-refractivity contribution in [2.45, 2.75) is 103 Å². The van der Waals surface area contributed by atoms with Gasteiger partial charge in [-0.25, -0.2) is 0 Å². The highest BCUT2D eigenvalue weighted by atomic mass is 28.4. The Morgan fingerprint density at radius 3 is 1.55 bits per heavy atom. The molecule has 0 atom stereocenters. The summed E-state index contributed by atoms with van der Waals surface area (Å²) in [7, 11) is 11.9. The molecule has 0 saturated carbocycles. The summed E-state index contributed by atoms with van der Waals surface area (Å²) in [5.41, 5.74) is 6.04. The third-order valence-corrected chi connectivity index (χ3v) is 12.3. The summed E-state index contributed by atoms with van der Waals surface area (Å²) in [5.74, 6) is 0. The molecule has 0 amide bonds. The summed E-state index contributed by atoms with van der Waals surface area (Å²) >= 11 is 0. The fourth-order valence-corrected chi connectivity index (χ4v) is 10.3. The molecular formula is C42H71BN2O3Si. The monoisotopic (exact) mass is 691 g/mol. The minimum atomic E-state index is -2.87. The molecule has 3 aromatic carbocycles. The molecule has 0 aliphatic heterocycles. The van der Waals surface area contributed by atoms with Gasteiger partial charge >= 0.3 is 0 Å². The Morgan fingerprint density at radius 1 is 0.551 bits per heavy atom. The lowest BCUT2D eigenvalue weighted by atomic mass is 9.90. The quantitative estimate of drug-likeness (QED) is 0.0772. The van der Waals surface area contributed by atoms with Crippen molar-refractivity contribution in [1.29, 1.82) is 0 Å². The van der Waals surface area contributed by atoms with E-state index in [0.29, 0.717) is 0 Å². The van der Waals surface area contributed by atoms with E-state index >= 15 is 0 Å². The van der Waals surface area contributed by atoms with E-state index in [9.17, 15) is 10.0 Å². The van der Waals surface area contributed by atoms with E-state index in [1.165, 1.54) is 48.8 Å². The molecule has 0 radical (unpaired) electrons. The van der Waals surface area contributed by atoms with Gasteiger partial charge < -0.3 is 23.4 Å². The zero-order valence-electron chi connectivity index (χ0n) is 33.3. The highest BCUT2D eigenvalue weighted by Gasteiger charge is 2.38. The van der Waals surface area contributed by atoms with Crippen molar-refractivity contribution in [3.63, 3.8) is 0 Å². The minimum absolute atomic E-state index is 0.801. The lowest BCUT2D eigenvalue weighted by molar-refractivity contribution is -0.849. The SMILES string of the molecule is CCCCCCCCc1ccccc1-c1c(-c2ccccc2)cccc1[Si](CCCC)(CCCC)OB([O-])[O-].C[N+](C)(C)C.C[N+](C)(C)C. The van der Waals surface area contributed by atoms with Gasteiger partial charge in [-0.05, 0) is 57.9 Å². The molecule has 49 heavy (non-hydrogen) atoms. The van der Waals surface area contributed by atoms with Crippen molar-refractivity contribution < 1.29 is 23.4 Å². The van der Waals surface area contributed by atoms with Gasteiger partial charge in [0, 0.05) is 7.32 Å². The van der Waals surface area contributed by atoms with Gasteiger partial charge in [-0.2, -0.15) is 0 Å². The highest BCUT2D eigenvalue weighted by molar-refractivity contribution is 6.90. The van der Waals surface area contributed by atoms with E-state index in [0.717, 1.165) is 75.9 Å². The van der Waals surface area contributed by atoms with Crippen LogP contribution < -0.4 is 15.2 Å². The third kappa shape index (κ3) is 19.1. The van der Waals surface area contributed by atoms with Crippen LogP contribution in [0.3, 0.4) is 0 Å². The molecule has 0 aromatic heterocycles. The first-order chi connectivity index (χ1) is 23.1. The minimum Gasteiger partial charge on any atom is -0.872 e. The molecule has 0 bridgehead atoms. The lowest BCUT2D eigenvalue weighted by Gasteiger charge is -2.43. The molecular weight excluding hydrogens is 619 g/mol. The number of benzene rings is 3. The van der Waals surface area contributed by atoms with Gasteiger partial charge in [0.25, 0.3) is 0 Å². The maximum absolute atomic E-state index is 12.2. The van der Waals surface area contributed by atoms with Crippen molar-refractivity contribution in [1.82, 2.24) is 0 Å². The molecule has 5 nitrogen and oxygen atoms in total. The van der Waals surface area contributed by atoms with Gasteiger partial charge in [0.15, 0.2) is 0 Å². The summed E-state index contributed by atoms with van der Waals surface area (Å²) < 4.78 is 8.08. The number of quaternary nitrogens is 2. The highest BCUT2D eigenvalue weighted by Crippen LogP contribution is 2.37. The summed E-state index contributed by atoms with van der Waals surface area (Å²) in [5, 5.41) is 25.6.